The number of aryl methyl sites for hydroxylation is 1. The third-order valence-electron chi connectivity index (χ3n) is 4.51. The molecule has 0 saturated heterocycles. The maximum atomic E-state index is 12.2. The van der Waals surface area contributed by atoms with Crippen LogP contribution in [-0.2, 0) is 6.42 Å². The third-order valence-corrected chi connectivity index (χ3v) is 5.72. The van der Waals surface area contributed by atoms with Gasteiger partial charge in [0.05, 0.1) is 20.7 Å². The first-order valence-corrected chi connectivity index (χ1v) is 9.20. The number of amides is 2. The second-order valence-corrected chi connectivity index (χ2v) is 7.63. The summed E-state index contributed by atoms with van der Waals surface area (Å²) in [6.07, 6.45) is 1.82. The van der Waals surface area contributed by atoms with Gasteiger partial charge in [-0.2, -0.15) is 0 Å². The number of carbonyl (C=O) groups is 1. The Morgan fingerprint density at radius 1 is 1.08 bits per heavy atom. The normalized spacial score (nSPS) is 19.2. The SMILES string of the molecule is O=C1NC2=C(CCc3ccccc32)C(c2cc(Br)c(O)c(Br)c2)N1. The van der Waals surface area contributed by atoms with Crippen LogP contribution in [0.25, 0.3) is 5.70 Å². The highest BCUT2D eigenvalue weighted by atomic mass is 79.9. The molecule has 0 bridgehead atoms. The number of benzene rings is 2. The predicted octanol–water partition coefficient (Wildman–Crippen LogP) is 4.63. The Kier molecular flexibility index (Phi) is 3.89. The molecule has 0 aromatic heterocycles. The average molecular weight is 450 g/mol. The summed E-state index contributed by atoms with van der Waals surface area (Å²) in [6.45, 7) is 0. The minimum absolute atomic E-state index is 0.155. The smallest absolute Gasteiger partial charge is 0.319 e. The van der Waals surface area contributed by atoms with E-state index in [9.17, 15) is 9.90 Å². The molecule has 0 spiro atoms. The van der Waals surface area contributed by atoms with Crippen molar-refractivity contribution in [3.63, 3.8) is 0 Å². The van der Waals surface area contributed by atoms with Crippen LogP contribution in [0.4, 0.5) is 4.79 Å². The van der Waals surface area contributed by atoms with Crippen molar-refractivity contribution in [1.29, 1.82) is 0 Å². The molecule has 0 radical (unpaired) electrons. The largest absolute Gasteiger partial charge is 0.506 e. The lowest BCUT2D eigenvalue weighted by molar-refractivity contribution is 0.240. The van der Waals surface area contributed by atoms with E-state index in [-0.39, 0.29) is 17.8 Å². The van der Waals surface area contributed by atoms with Crippen LogP contribution >= 0.6 is 31.9 Å². The fourth-order valence-electron chi connectivity index (χ4n) is 3.39. The van der Waals surface area contributed by atoms with Crippen molar-refractivity contribution in [3.8, 4) is 5.75 Å². The van der Waals surface area contributed by atoms with E-state index in [4.69, 9.17) is 0 Å². The van der Waals surface area contributed by atoms with Crippen LogP contribution < -0.4 is 10.6 Å². The summed E-state index contributed by atoms with van der Waals surface area (Å²) < 4.78 is 1.19. The van der Waals surface area contributed by atoms with E-state index >= 15 is 0 Å². The van der Waals surface area contributed by atoms with Gasteiger partial charge in [-0.05, 0) is 73.5 Å². The molecule has 6 heteroatoms. The van der Waals surface area contributed by atoms with Crippen LogP contribution in [0.5, 0.6) is 5.75 Å². The first-order chi connectivity index (χ1) is 11.5. The Morgan fingerprint density at radius 2 is 1.79 bits per heavy atom. The zero-order valence-electron chi connectivity index (χ0n) is 12.6. The number of nitrogens with one attached hydrogen (secondary N) is 2. The number of hydrogen-bond acceptors (Lipinski definition) is 2. The van der Waals surface area contributed by atoms with Crippen LogP contribution in [0.2, 0.25) is 0 Å². The highest BCUT2D eigenvalue weighted by molar-refractivity contribution is 9.11. The summed E-state index contributed by atoms with van der Waals surface area (Å²) >= 11 is 6.74. The monoisotopic (exact) mass is 448 g/mol. The van der Waals surface area contributed by atoms with Gasteiger partial charge in [0.1, 0.15) is 5.75 Å². The maximum absolute atomic E-state index is 12.2. The van der Waals surface area contributed by atoms with Gasteiger partial charge in [-0.15, -0.1) is 0 Å². The number of halogens is 2. The minimum atomic E-state index is -0.213. The third kappa shape index (κ3) is 2.54. The Bertz CT molecular complexity index is 869. The average Bonchev–Trinajstić information content (AvgIpc) is 2.58. The van der Waals surface area contributed by atoms with Gasteiger partial charge in [0.25, 0.3) is 0 Å². The fraction of sp³-hybridized carbons (Fsp3) is 0.167. The number of phenolic OH excluding ortho intramolecular Hbond substituents is 1. The molecule has 122 valence electrons. The van der Waals surface area contributed by atoms with E-state index in [0.717, 1.165) is 35.2 Å². The lowest BCUT2D eigenvalue weighted by Gasteiger charge is -2.34. The van der Waals surface area contributed by atoms with Crippen LogP contribution in [0.1, 0.15) is 29.2 Å². The summed E-state index contributed by atoms with van der Waals surface area (Å²) in [4.78, 5) is 12.2. The van der Waals surface area contributed by atoms with Crippen molar-refractivity contribution >= 4 is 43.6 Å². The molecular formula is C18H14Br2N2O2. The van der Waals surface area contributed by atoms with E-state index in [0.29, 0.717) is 8.95 Å². The van der Waals surface area contributed by atoms with E-state index in [1.807, 2.05) is 24.3 Å². The number of aromatic hydroxyl groups is 1. The van der Waals surface area contributed by atoms with Gasteiger partial charge >= 0.3 is 6.03 Å². The van der Waals surface area contributed by atoms with E-state index in [1.165, 1.54) is 5.56 Å². The molecule has 2 aliphatic rings. The molecule has 1 unspecified atom stereocenters. The number of fused-ring (bicyclic) bond motifs is 2. The second-order valence-electron chi connectivity index (χ2n) is 5.92. The fourth-order valence-corrected chi connectivity index (χ4v) is 4.61. The molecule has 1 atom stereocenters. The van der Waals surface area contributed by atoms with Crippen molar-refractivity contribution < 1.29 is 9.90 Å². The standard InChI is InChI=1S/C18H14Br2N2O2/c19-13-7-10(8-14(20)17(13)23)15-12-6-5-9-3-1-2-4-11(9)16(12)22-18(24)21-15/h1-4,7-8,15,23H,5-6H2,(H2,21,22,24). The highest BCUT2D eigenvalue weighted by Gasteiger charge is 2.32. The minimum Gasteiger partial charge on any atom is -0.506 e. The molecule has 2 amide bonds. The summed E-state index contributed by atoms with van der Waals surface area (Å²) in [6, 6.07) is 11.4. The topological polar surface area (TPSA) is 61.4 Å². The van der Waals surface area contributed by atoms with Crippen LogP contribution in [0, 0.1) is 0 Å². The molecule has 2 aromatic rings. The molecule has 2 aromatic carbocycles. The summed E-state index contributed by atoms with van der Waals surface area (Å²) in [5.74, 6) is 0.155. The van der Waals surface area contributed by atoms with Crippen molar-refractivity contribution in [2.75, 3.05) is 0 Å². The lowest BCUT2D eigenvalue weighted by atomic mass is 9.83. The van der Waals surface area contributed by atoms with Gasteiger partial charge in [-0.1, -0.05) is 24.3 Å². The van der Waals surface area contributed by atoms with Crippen molar-refractivity contribution in [1.82, 2.24) is 10.6 Å². The second kappa shape index (κ2) is 5.93. The van der Waals surface area contributed by atoms with Crippen molar-refractivity contribution in [3.05, 3.63) is 67.6 Å². The van der Waals surface area contributed by atoms with Gasteiger partial charge in [-0.25, -0.2) is 4.79 Å². The maximum Gasteiger partial charge on any atom is 0.319 e. The molecule has 3 N–H and O–H groups in total. The number of rotatable bonds is 1. The van der Waals surface area contributed by atoms with Crippen molar-refractivity contribution in [2.45, 2.75) is 18.9 Å². The molecule has 4 nitrogen and oxygen atoms in total. The number of urea groups is 1. The van der Waals surface area contributed by atoms with E-state index < -0.39 is 0 Å². The Balaban J connectivity index is 1.87. The Morgan fingerprint density at radius 3 is 2.54 bits per heavy atom. The molecule has 0 fully saturated rings. The summed E-state index contributed by atoms with van der Waals surface area (Å²) in [5, 5.41) is 15.9. The zero-order valence-corrected chi connectivity index (χ0v) is 15.7. The summed E-state index contributed by atoms with van der Waals surface area (Å²) in [7, 11) is 0. The molecule has 24 heavy (non-hydrogen) atoms. The lowest BCUT2D eigenvalue weighted by Crippen LogP contribution is -2.44. The summed E-state index contributed by atoms with van der Waals surface area (Å²) in [5.41, 5.74) is 5.35. The van der Waals surface area contributed by atoms with Crippen LogP contribution in [-0.4, -0.2) is 11.1 Å². The van der Waals surface area contributed by atoms with Gasteiger partial charge in [0, 0.05) is 5.56 Å². The quantitative estimate of drug-likeness (QED) is 0.594. The van der Waals surface area contributed by atoms with Crippen LogP contribution in [0.3, 0.4) is 0 Å². The Labute approximate surface area is 156 Å². The van der Waals surface area contributed by atoms with E-state index in [1.54, 1.807) is 0 Å². The molecule has 1 heterocycles. The van der Waals surface area contributed by atoms with Gasteiger partial charge in [-0.3, -0.25) is 0 Å². The highest BCUT2D eigenvalue weighted by Crippen LogP contribution is 2.42. The van der Waals surface area contributed by atoms with E-state index in [2.05, 4.69) is 54.6 Å². The van der Waals surface area contributed by atoms with Gasteiger partial charge in [0.15, 0.2) is 0 Å². The molecule has 4 rings (SSSR count). The van der Waals surface area contributed by atoms with Gasteiger partial charge < -0.3 is 15.7 Å². The Hall–Kier alpha value is -1.79. The first kappa shape index (κ1) is 15.7. The first-order valence-electron chi connectivity index (χ1n) is 7.61. The molecule has 1 aliphatic heterocycles. The number of phenols is 1. The number of carbonyl (C=O) groups excluding carboxylic acids is 1. The molecule has 0 saturated carbocycles. The number of hydrogen-bond donors (Lipinski definition) is 3. The van der Waals surface area contributed by atoms with Crippen molar-refractivity contribution in [2.24, 2.45) is 0 Å². The zero-order chi connectivity index (χ0) is 16.8. The molecular weight excluding hydrogens is 436 g/mol. The van der Waals surface area contributed by atoms with Crippen LogP contribution in [0.15, 0.2) is 50.9 Å². The molecule has 1 aliphatic carbocycles. The van der Waals surface area contributed by atoms with Gasteiger partial charge in [0.2, 0.25) is 0 Å². The predicted molar refractivity (Wildman–Crippen MR) is 99.6 cm³/mol.